The van der Waals surface area contributed by atoms with E-state index in [4.69, 9.17) is 8.83 Å². The van der Waals surface area contributed by atoms with E-state index in [0.717, 1.165) is 30.5 Å². The predicted octanol–water partition coefficient (Wildman–Crippen LogP) is 7.46. The zero-order valence-electron chi connectivity index (χ0n) is 21.8. The lowest BCUT2D eigenvalue weighted by Crippen LogP contribution is -2.20. The Morgan fingerprint density at radius 2 is 1.49 bits per heavy atom. The molecule has 5 aromatic rings. The fourth-order valence-electron chi connectivity index (χ4n) is 4.30. The third-order valence-electron chi connectivity index (χ3n) is 7.58. The van der Waals surface area contributed by atoms with Crippen LogP contribution in [0.1, 0.15) is 71.4 Å². The van der Waals surface area contributed by atoms with Gasteiger partial charge in [-0.25, -0.2) is 18.4 Å². The first kappa shape index (κ1) is 25.1. The van der Waals surface area contributed by atoms with Crippen LogP contribution in [0.3, 0.4) is 0 Å². The Morgan fingerprint density at radius 1 is 0.865 bits per heavy atom. The molecule has 0 fully saturated rings. The molecular weight excluding hydrogens is 486 g/mol. The van der Waals surface area contributed by atoms with E-state index in [0.29, 0.717) is 34.0 Å². The zero-order chi connectivity index (χ0) is 26.4. The molecule has 0 spiro atoms. The van der Waals surface area contributed by atoms with Gasteiger partial charge in [0.25, 0.3) is 0 Å². The minimum absolute atomic E-state index is 0.0217. The Morgan fingerprint density at radius 3 is 2.05 bits per heavy atom. The molecule has 5 rings (SSSR count). The maximum Gasteiger partial charge on any atom is 0.228 e. The van der Waals surface area contributed by atoms with E-state index in [1.54, 1.807) is 42.6 Å². The van der Waals surface area contributed by atoms with Crippen LogP contribution >= 0.6 is 0 Å². The maximum absolute atomic E-state index is 13.5. The molecule has 0 aliphatic rings. The lowest BCUT2D eigenvalue weighted by atomic mass is 9.81. The van der Waals surface area contributed by atoms with Crippen molar-refractivity contribution in [2.24, 2.45) is 0 Å². The average molecular weight is 518 g/mol. The molecule has 7 nitrogen and oxygen atoms in total. The van der Waals surface area contributed by atoms with E-state index >= 15 is 0 Å². The summed E-state index contributed by atoms with van der Waals surface area (Å²) in [6, 6.07) is 13.5. The monoisotopic (exact) mass is 517 g/mol. The first-order valence-corrected chi connectivity index (χ1v) is 14.2. The SMILES string of the molecule is CCC(C)c1nc2cc(S(=O)(=O)c3ccc4oc(-c5ccc(C(C)(CC)CC)nc5)nc4c3)ccc2o1. The Labute approximate surface area is 216 Å². The van der Waals surface area contributed by atoms with Gasteiger partial charge in [-0.1, -0.05) is 34.6 Å². The maximum atomic E-state index is 13.5. The number of aromatic nitrogens is 3. The Kier molecular flexibility index (Phi) is 6.40. The fraction of sp³-hybridized carbons (Fsp3) is 0.345. The number of sulfone groups is 1. The van der Waals surface area contributed by atoms with Crippen molar-refractivity contribution in [3.63, 3.8) is 0 Å². The van der Waals surface area contributed by atoms with Gasteiger partial charge < -0.3 is 8.83 Å². The Balaban J connectivity index is 1.47. The summed E-state index contributed by atoms with van der Waals surface area (Å²) in [7, 11) is -3.80. The molecule has 192 valence electrons. The lowest BCUT2D eigenvalue weighted by Gasteiger charge is -2.25. The van der Waals surface area contributed by atoms with Gasteiger partial charge in [0.15, 0.2) is 17.1 Å². The first-order chi connectivity index (χ1) is 17.7. The number of hydrogen-bond donors (Lipinski definition) is 0. The highest BCUT2D eigenvalue weighted by Gasteiger charge is 2.25. The van der Waals surface area contributed by atoms with Crippen LogP contribution in [0.4, 0.5) is 0 Å². The van der Waals surface area contributed by atoms with E-state index in [2.05, 4.69) is 42.6 Å². The highest BCUT2D eigenvalue weighted by molar-refractivity contribution is 7.91. The molecule has 0 bridgehead atoms. The quantitative estimate of drug-likeness (QED) is 0.211. The van der Waals surface area contributed by atoms with Gasteiger partial charge in [-0.3, -0.25) is 4.98 Å². The molecule has 1 unspecified atom stereocenters. The third kappa shape index (κ3) is 4.44. The number of pyridine rings is 1. The topological polar surface area (TPSA) is 99.1 Å². The van der Waals surface area contributed by atoms with Crippen molar-refractivity contribution >= 4 is 32.0 Å². The number of fused-ring (bicyclic) bond motifs is 2. The van der Waals surface area contributed by atoms with Crippen molar-refractivity contribution < 1.29 is 17.3 Å². The van der Waals surface area contributed by atoms with Gasteiger partial charge in [0.2, 0.25) is 15.7 Å². The zero-order valence-corrected chi connectivity index (χ0v) is 22.6. The number of oxazole rings is 2. The average Bonchev–Trinajstić information content (AvgIpc) is 3.55. The fourth-order valence-corrected chi connectivity index (χ4v) is 5.60. The van der Waals surface area contributed by atoms with Crippen molar-refractivity contribution in [1.82, 2.24) is 15.0 Å². The standard InChI is InChI=1S/C29H31N3O4S/c1-6-18(4)27-31-22-15-20(10-12-24(22)35-27)37(33,34)21-11-13-25-23(16-21)32-28(36-25)19-9-14-26(30-17-19)29(5,7-2)8-3/h9-18H,6-8H2,1-5H3. The van der Waals surface area contributed by atoms with Gasteiger partial charge in [-0.15, -0.1) is 0 Å². The molecule has 0 N–H and O–H groups in total. The summed E-state index contributed by atoms with van der Waals surface area (Å²) in [4.78, 5) is 14.0. The smallest absolute Gasteiger partial charge is 0.228 e. The predicted molar refractivity (Wildman–Crippen MR) is 143 cm³/mol. The number of hydrogen-bond acceptors (Lipinski definition) is 7. The summed E-state index contributed by atoms with van der Waals surface area (Å²) in [5.74, 6) is 1.17. The van der Waals surface area contributed by atoms with Crippen LogP contribution in [0, 0.1) is 0 Å². The van der Waals surface area contributed by atoms with Crippen LogP contribution in [0.5, 0.6) is 0 Å². The second-order valence-electron chi connectivity index (χ2n) is 9.84. The van der Waals surface area contributed by atoms with Gasteiger partial charge in [0, 0.05) is 23.2 Å². The molecule has 0 aliphatic heterocycles. The van der Waals surface area contributed by atoms with Crippen molar-refractivity contribution in [1.29, 1.82) is 0 Å². The molecule has 1 atom stereocenters. The van der Waals surface area contributed by atoms with E-state index in [1.165, 1.54) is 0 Å². The molecular formula is C29H31N3O4S. The van der Waals surface area contributed by atoms with Crippen molar-refractivity contribution in [2.45, 2.75) is 75.0 Å². The van der Waals surface area contributed by atoms with Crippen molar-refractivity contribution in [3.05, 3.63) is 66.3 Å². The highest BCUT2D eigenvalue weighted by atomic mass is 32.2. The van der Waals surface area contributed by atoms with Crippen LogP contribution in [0.2, 0.25) is 0 Å². The molecule has 3 heterocycles. The molecule has 37 heavy (non-hydrogen) atoms. The van der Waals surface area contributed by atoms with E-state index in [-0.39, 0.29) is 21.1 Å². The van der Waals surface area contributed by atoms with Crippen LogP contribution in [0.15, 0.2) is 73.4 Å². The summed E-state index contributed by atoms with van der Waals surface area (Å²) in [5, 5.41) is 0. The highest BCUT2D eigenvalue weighted by Crippen LogP contribution is 2.33. The molecule has 0 saturated carbocycles. The summed E-state index contributed by atoms with van der Waals surface area (Å²) >= 11 is 0. The second-order valence-corrected chi connectivity index (χ2v) is 11.8. The molecule has 8 heteroatoms. The molecule has 3 aromatic heterocycles. The van der Waals surface area contributed by atoms with E-state index < -0.39 is 9.84 Å². The van der Waals surface area contributed by atoms with Crippen LogP contribution in [-0.4, -0.2) is 23.4 Å². The summed E-state index contributed by atoms with van der Waals surface area (Å²) in [6.07, 6.45) is 4.65. The summed E-state index contributed by atoms with van der Waals surface area (Å²) in [6.45, 7) is 10.6. The van der Waals surface area contributed by atoms with Crippen LogP contribution in [0.25, 0.3) is 33.7 Å². The Hall–Kier alpha value is -3.52. The van der Waals surface area contributed by atoms with E-state index in [9.17, 15) is 8.42 Å². The largest absolute Gasteiger partial charge is 0.440 e. The number of nitrogens with zero attached hydrogens (tertiary/aromatic N) is 3. The second kappa shape index (κ2) is 9.41. The molecule has 0 saturated heterocycles. The molecule has 2 aromatic carbocycles. The number of benzene rings is 2. The van der Waals surface area contributed by atoms with E-state index in [1.807, 2.05) is 19.1 Å². The number of rotatable bonds is 8. The minimum Gasteiger partial charge on any atom is -0.440 e. The first-order valence-electron chi connectivity index (χ1n) is 12.7. The van der Waals surface area contributed by atoms with Gasteiger partial charge in [0.05, 0.1) is 15.4 Å². The van der Waals surface area contributed by atoms with Gasteiger partial charge >= 0.3 is 0 Å². The van der Waals surface area contributed by atoms with Crippen LogP contribution < -0.4 is 0 Å². The molecule has 0 amide bonds. The summed E-state index contributed by atoms with van der Waals surface area (Å²) in [5.41, 5.74) is 3.87. The molecule has 0 aliphatic carbocycles. The lowest BCUT2D eigenvalue weighted by molar-refractivity contribution is 0.426. The van der Waals surface area contributed by atoms with Gasteiger partial charge in [-0.05, 0) is 67.8 Å². The van der Waals surface area contributed by atoms with Crippen molar-refractivity contribution in [3.8, 4) is 11.5 Å². The van der Waals surface area contributed by atoms with Gasteiger partial charge in [0.1, 0.15) is 11.0 Å². The van der Waals surface area contributed by atoms with Crippen LogP contribution in [-0.2, 0) is 15.3 Å². The summed E-state index contributed by atoms with van der Waals surface area (Å²) < 4.78 is 38.6. The van der Waals surface area contributed by atoms with Crippen molar-refractivity contribution in [2.75, 3.05) is 0 Å². The third-order valence-corrected chi connectivity index (χ3v) is 9.33. The Bertz CT molecular complexity index is 1680. The van der Waals surface area contributed by atoms with Gasteiger partial charge in [-0.2, -0.15) is 0 Å². The normalized spacial score (nSPS) is 13.4. The minimum atomic E-state index is -3.80. The molecule has 0 radical (unpaired) electrons.